The molecule has 3 rings (SSSR count). The number of fused-ring (bicyclic) bond motifs is 1. The Kier molecular flexibility index (Phi) is 3.65. The van der Waals surface area contributed by atoms with Crippen molar-refractivity contribution in [3.63, 3.8) is 0 Å². The lowest BCUT2D eigenvalue weighted by atomic mass is 10.1. The fraction of sp³-hybridized carbons (Fsp3) is 0.0667. The first-order valence-electron chi connectivity index (χ1n) is 6.20. The number of nitrogens with one attached hydrogen (secondary N) is 1. The molecule has 106 valence electrons. The normalized spacial score (nSPS) is 10.8. The Morgan fingerprint density at radius 3 is 2.90 bits per heavy atom. The third kappa shape index (κ3) is 2.91. The number of phenolic OH excluding ortho intramolecular Hbond substituents is 1. The maximum absolute atomic E-state index is 12.2. The molecule has 0 unspecified atom stereocenters. The lowest BCUT2D eigenvalue weighted by Crippen LogP contribution is -2.12. The maximum atomic E-state index is 12.2. The van der Waals surface area contributed by atoms with Gasteiger partial charge in [0.2, 0.25) is 0 Å². The number of aromatic hydroxyl groups is 1. The third-order valence-electron chi connectivity index (χ3n) is 2.97. The number of aromatic nitrogens is 1. The summed E-state index contributed by atoms with van der Waals surface area (Å²) in [7, 11) is 0. The van der Waals surface area contributed by atoms with E-state index in [-0.39, 0.29) is 17.2 Å². The lowest BCUT2D eigenvalue weighted by molar-refractivity contribution is 0.102. The number of carbonyl (C=O) groups is 1. The van der Waals surface area contributed by atoms with Crippen LogP contribution in [0.15, 0.2) is 40.9 Å². The second-order valence-electron chi connectivity index (χ2n) is 4.61. The fourth-order valence-corrected chi connectivity index (χ4v) is 3.14. The Hall–Kier alpha value is -1.92. The van der Waals surface area contributed by atoms with Gasteiger partial charge in [-0.1, -0.05) is 38.9 Å². The second-order valence-corrected chi connectivity index (χ2v) is 6.55. The summed E-state index contributed by atoms with van der Waals surface area (Å²) < 4.78 is 1.93. The highest BCUT2D eigenvalue weighted by atomic mass is 79.9. The van der Waals surface area contributed by atoms with E-state index in [1.807, 2.05) is 25.1 Å². The number of anilines is 1. The average Bonchev–Trinajstić information content (AvgIpc) is 2.82. The van der Waals surface area contributed by atoms with Gasteiger partial charge in [0.1, 0.15) is 5.75 Å². The molecule has 0 bridgehead atoms. The van der Waals surface area contributed by atoms with Crippen LogP contribution in [0.2, 0.25) is 0 Å². The van der Waals surface area contributed by atoms with Crippen LogP contribution in [0.25, 0.3) is 10.2 Å². The van der Waals surface area contributed by atoms with Gasteiger partial charge < -0.3 is 5.11 Å². The van der Waals surface area contributed by atoms with Crippen LogP contribution >= 0.6 is 27.3 Å². The SMILES string of the molecule is Cc1ccc(O)c(C(=O)Nc2nc3cc(Br)ccc3s2)c1. The van der Waals surface area contributed by atoms with E-state index >= 15 is 0 Å². The standard InChI is InChI=1S/C15H11BrN2O2S/c1-8-2-4-12(19)10(6-8)14(20)18-15-17-11-7-9(16)3-5-13(11)21-15/h2-7,19H,1H3,(H,17,18,20). The Bertz CT molecular complexity index is 845. The smallest absolute Gasteiger partial charge is 0.261 e. The van der Waals surface area contributed by atoms with Crippen LogP contribution in [0.4, 0.5) is 5.13 Å². The number of benzene rings is 2. The third-order valence-corrected chi connectivity index (χ3v) is 4.41. The van der Waals surface area contributed by atoms with E-state index in [1.54, 1.807) is 12.1 Å². The van der Waals surface area contributed by atoms with Crippen molar-refractivity contribution in [1.82, 2.24) is 4.98 Å². The number of hydrogen-bond acceptors (Lipinski definition) is 4. The molecule has 0 spiro atoms. The van der Waals surface area contributed by atoms with Crippen molar-refractivity contribution >= 4 is 48.5 Å². The minimum Gasteiger partial charge on any atom is -0.507 e. The molecule has 0 saturated heterocycles. The molecule has 21 heavy (non-hydrogen) atoms. The topological polar surface area (TPSA) is 62.2 Å². The molecule has 1 aromatic heterocycles. The minimum atomic E-state index is -0.366. The summed E-state index contributed by atoms with van der Waals surface area (Å²) in [5.74, 6) is -0.406. The number of nitrogens with zero attached hydrogens (tertiary/aromatic N) is 1. The fourth-order valence-electron chi connectivity index (χ4n) is 1.95. The van der Waals surface area contributed by atoms with E-state index in [2.05, 4.69) is 26.2 Å². The summed E-state index contributed by atoms with van der Waals surface area (Å²) in [5.41, 5.74) is 1.97. The van der Waals surface area contributed by atoms with Gasteiger partial charge in [0.15, 0.2) is 5.13 Å². The van der Waals surface area contributed by atoms with E-state index < -0.39 is 0 Å². The molecule has 0 fully saturated rings. The van der Waals surface area contributed by atoms with Crippen LogP contribution in [-0.2, 0) is 0 Å². The van der Waals surface area contributed by atoms with Gasteiger partial charge in [0, 0.05) is 4.47 Å². The minimum absolute atomic E-state index is 0.0399. The summed E-state index contributed by atoms with van der Waals surface area (Å²) in [6, 6.07) is 10.7. The monoisotopic (exact) mass is 362 g/mol. The van der Waals surface area contributed by atoms with Gasteiger partial charge >= 0.3 is 0 Å². The summed E-state index contributed by atoms with van der Waals surface area (Å²) in [6.45, 7) is 1.87. The zero-order valence-corrected chi connectivity index (χ0v) is 13.5. The van der Waals surface area contributed by atoms with Gasteiger partial charge in [0.25, 0.3) is 5.91 Å². The first-order chi connectivity index (χ1) is 10.0. The molecule has 0 aliphatic rings. The molecule has 1 heterocycles. The highest BCUT2D eigenvalue weighted by Gasteiger charge is 2.14. The number of halogens is 1. The van der Waals surface area contributed by atoms with Crippen LogP contribution < -0.4 is 5.32 Å². The van der Waals surface area contributed by atoms with Crippen LogP contribution in [0.1, 0.15) is 15.9 Å². The molecule has 0 radical (unpaired) electrons. The predicted octanol–water partition coefficient (Wildman–Crippen LogP) is 4.33. The number of rotatable bonds is 2. The van der Waals surface area contributed by atoms with Crippen molar-refractivity contribution in [2.24, 2.45) is 0 Å². The lowest BCUT2D eigenvalue weighted by Gasteiger charge is -2.05. The zero-order valence-electron chi connectivity index (χ0n) is 11.1. The predicted molar refractivity (Wildman–Crippen MR) is 88.1 cm³/mol. The Morgan fingerprint density at radius 2 is 2.10 bits per heavy atom. The molecule has 2 aromatic carbocycles. The van der Waals surface area contributed by atoms with Gasteiger partial charge in [-0.05, 0) is 37.3 Å². The summed E-state index contributed by atoms with van der Waals surface area (Å²) >= 11 is 4.78. The number of phenols is 1. The molecule has 0 aliphatic carbocycles. The van der Waals surface area contributed by atoms with Gasteiger partial charge in [0.05, 0.1) is 15.8 Å². The molecule has 1 amide bonds. The van der Waals surface area contributed by atoms with Gasteiger partial charge in [-0.25, -0.2) is 4.98 Å². The Morgan fingerprint density at radius 1 is 1.29 bits per heavy atom. The molecule has 0 saturated carbocycles. The number of aryl methyl sites for hydroxylation is 1. The van der Waals surface area contributed by atoms with Crippen molar-refractivity contribution in [1.29, 1.82) is 0 Å². The highest BCUT2D eigenvalue weighted by Crippen LogP contribution is 2.29. The number of amides is 1. The molecular weight excluding hydrogens is 352 g/mol. The van der Waals surface area contributed by atoms with Gasteiger partial charge in [-0.15, -0.1) is 0 Å². The van der Waals surface area contributed by atoms with Crippen LogP contribution in [0, 0.1) is 6.92 Å². The molecular formula is C15H11BrN2O2S. The summed E-state index contributed by atoms with van der Waals surface area (Å²) in [4.78, 5) is 16.6. The van der Waals surface area contributed by atoms with E-state index in [0.29, 0.717) is 5.13 Å². The highest BCUT2D eigenvalue weighted by molar-refractivity contribution is 9.10. The molecule has 6 heteroatoms. The van der Waals surface area contributed by atoms with E-state index in [1.165, 1.54) is 17.4 Å². The number of thiazole rings is 1. The van der Waals surface area contributed by atoms with Crippen molar-refractivity contribution in [2.45, 2.75) is 6.92 Å². The molecule has 0 atom stereocenters. The van der Waals surface area contributed by atoms with Gasteiger partial charge in [-0.3, -0.25) is 10.1 Å². The van der Waals surface area contributed by atoms with Crippen molar-refractivity contribution in [2.75, 3.05) is 5.32 Å². The average molecular weight is 363 g/mol. The molecule has 4 nitrogen and oxygen atoms in total. The Balaban J connectivity index is 1.90. The van der Waals surface area contributed by atoms with Crippen molar-refractivity contribution in [3.05, 3.63) is 52.0 Å². The van der Waals surface area contributed by atoms with Gasteiger partial charge in [-0.2, -0.15) is 0 Å². The first kappa shape index (κ1) is 14.0. The largest absolute Gasteiger partial charge is 0.507 e. The van der Waals surface area contributed by atoms with Crippen LogP contribution in [0.5, 0.6) is 5.75 Å². The van der Waals surface area contributed by atoms with E-state index in [9.17, 15) is 9.90 Å². The zero-order chi connectivity index (χ0) is 15.0. The first-order valence-corrected chi connectivity index (χ1v) is 7.81. The van der Waals surface area contributed by atoms with E-state index in [0.717, 1.165) is 20.3 Å². The number of hydrogen-bond donors (Lipinski definition) is 2. The van der Waals surface area contributed by atoms with Crippen molar-refractivity contribution in [3.8, 4) is 5.75 Å². The quantitative estimate of drug-likeness (QED) is 0.713. The molecule has 3 aromatic rings. The molecule has 0 aliphatic heterocycles. The molecule has 2 N–H and O–H groups in total. The summed E-state index contributed by atoms with van der Waals surface area (Å²) in [6.07, 6.45) is 0. The maximum Gasteiger partial charge on any atom is 0.261 e. The number of carbonyl (C=O) groups excluding carboxylic acids is 1. The van der Waals surface area contributed by atoms with Crippen LogP contribution in [0.3, 0.4) is 0 Å². The van der Waals surface area contributed by atoms with E-state index in [4.69, 9.17) is 0 Å². The summed E-state index contributed by atoms with van der Waals surface area (Å²) in [5, 5.41) is 13.0. The second kappa shape index (κ2) is 5.46. The van der Waals surface area contributed by atoms with Crippen molar-refractivity contribution < 1.29 is 9.90 Å². The Labute approximate surface area is 133 Å². The van der Waals surface area contributed by atoms with Crippen LogP contribution in [-0.4, -0.2) is 16.0 Å².